The molecule has 1 aliphatic rings. The fourth-order valence-corrected chi connectivity index (χ4v) is 3.95. The number of imide groups is 1. The maximum Gasteiger partial charge on any atom is 0.294 e. The van der Waals surface area contributed by atoms with Crippen molar-refractivity contribution in [1.82, 2.24) is 4.90 Å². The van der Waals surface area contributed by atoms with E-state index in [-0.39, 0.29) is 11.4 Å². The summed E-state index contributed by atoms with van der Waals surface area (Å²) in [7, 11) is 0. The van der Waals surface area contributed by atoms with Gasteiger partial charge in [-0.05, 0) is 86.5 Å². The Hall–Kier alpha value is -3.26. The second-order valence-corrected chi connectivity index (χ2v) is 8.18. The predicted molar refractivity (Wildman–Crippen MR) is 126 cm³/mol. The van der Waals surface area contributed by atoms with E-state index in [2.05, 4.69) is 5.32 Å². The van der Waals surface area contributed by atoms with Gasteiger partial charge in [0.15, 0.2) is 11.5 Å². The Bertz CT molecular complexity index is 1080. The minimum absolute atomic E-state index is 0.251. The maximum atomic E-state index is 12.8. The molecule has 2 aromatic carbocycles. The fraction of sp³-hybridized carbons (Fsp3) is 0.292. The second-order valence-electron chi connectivity index (χ2n) is 7.19. The Morgan fingerprint density at radius 1 is 1.00 bits per heavy atom. The highest BCUT2D eigenvalue weighted by Crippen LogP contribution is 2.34. The predicted octanol–water partition coefficient (Wildman–Crippen LogP) is 4.78. The van der Waals surface area contributed by atoms with Gasteiger partial charge < -0.3 is 14.8 Å². The molecule has 1 saturated heterocycles. The highest BCUT2D eigenvalue weighted by molar-refractivity contribution is 8.18. The van der Waals surface area contributed by atoms with Crippen LogP contribution < -0.4 is 14.8 Å². The summed E-state index contributed by atoms with van der Waals surface area (Å²) in [6.07, 6.45) is 1.62. The molecule has 8 heteroatoms. The molecule has 3 rings (SSSR count). The Balaban J connectivity index is 1.72. The molecule has 1 heterocycles. The van der Waals surface area contributed by atoms with Crippen molar-refractivity contribution in [1.29, 1.82) is 0 Å². The first-order valence-electron chi connectivity index (χ1n) is 10.3. The van der Waals surface area contributed by atoms with Crippen LogP contribution in [0, 0.1) is 13.8 Å². The number of nitrogens with one attached hydrogen (secondary N) is 1. The molecule has 3 amide bonds. The number of rotatable bonds is 8. The lowest BCUT2D eigenvalue weighted by molar-refractivity contribution is -0.127. The van der Waals surface area contributed by atoms with Crippen molar-refractivity contribution in [2.24, 2.45) is 0 Å². The molecule has 0 spiro atoms. The number of carbonyl (C=O) groups excluding carboxylic acids is 3. The Morgan fingerprint density at radius 2 is 1.72 bits per heavy atom. The molecule has 32 heavy (non-hydrogen) atoms. The van der Waals surface area contributed by atoms with Crippen LogP contribution in [0.25, 0.3) is 6.08 Å². The van der Waals surface area contributed by atoms with Gasteiger partial charge in [0.05, 0.1) is 18.1 Å². The molecule has 7 nitrogen and oxygen atoms in total. The fourth-order valence-electron chi connectivity index (χ4n) is 3.11. The summed E-state index contributed by atoms with van der Waals surface area (Å²) in [6, 6.07) is 10.9. The third-order valence-corrected chi connectivity index (χ3v) is 5.74. The molecule has 1 aliphatic heterocycles. The standard InChI is InChI=1S/C24H26N2O5S/c1-5-30-19-10-8-17(12-20(19)31-6-2)13-21-23(28)26(24(29)32-21)14-22(27)25-18-9-7-15(3)16(4)11-18/h7-13H,5-6,14H2,1-4H3,(H,25,27). The van der Waals surface area contributed by atoms with Crippen LogP contribution >= 0.6 is 11.8 Å². The second kappa shape index (κ2) is 10.4. The van der Waals surface area contributed by atoms with Gasteiger partial charge in [0, 0.05) is 5.69 Å². The zero-order valence-corrected chi connectivity index (χ0v) is 19.4. The smallest absolute Gasteiger partial charge is 0.294 e. The minimum atomic E-state index is -0.498. The minimum Gasteiger partial charge on any atom is -0.490 e. The lowest BCUT2D eigenvalue weighted by Crippen LogP contribution is -2.36. The van der Waals surface area contributed by atoms with Crippen molar-refractivity contribution >= 4 is 40.6 Å². The van der Waals surface area contributed by atoms with Crippen LogP contribution in [-0.2, 0) is 9.59 Å². The molecule has 168 valence electrons. The van der Waals surface area contributed by atoms with E-state index in [0.717, 1.165) is 27.8 Å². The number of hydrogen-bond acceptors (Lipinski definition) is 6. The van der Waals surface area contributed by atoms with Crippen molar-refractivity contribution in [2.45, 2.75) is 27.7 Å². The SMILES string of the molecule is CCOc1ccc(C=C2SC(=O)N(CC(=O)Nc3ccc(C)c(C)c3)C2=O)cc1OCC. The van der Waals surface area contributed by atoms with Crippen molar-refractivity contribution < 1.29 is 23.9 Å². The molecule has 2 aromatic rings. The maximum absolute atomic E-state index is 12.8. The zero-order chi connectivity index (χ0) is 23.3. The summed E-state index contributed by atoms with van der Waals surface area (Å²) in [6.45, 7) is 8.31. The van der Waals surface area contributed by atoms with E-state index >= 15 is 0 Å². The van der Waals surface area contributed by atoms with Crippen LogP contribution in [0.15, 0.2) is 41.3 Å². The first kappa shape index (κ1) is 23.4. The summed E-state index contributed by atoms with van der Waals surface area (Å²) >= 11 is 0.809. The quantitative estimate of drug-likeness (QED) is 0.578. The summed E-state index contributed by atoms with van der Waals surface area (Å²) < 4.78 is 11.2. The van der Waals surface area contributed by atoms with Crippen LogP contribution in [0.1, 0.15) is 30.5 Å². The van der Waals surface area contributed by atoms with E-state index in [1.54, 1.807) is 30.3 Å². The summed E-state index contributed by atoms with van der Waals surface area (Å²) in [4.78, 5) is 38.8. The summed E-state index contributed by atoms with van der Waals surface area (Å²) in [5.74, 6) is 0.247. The Labute approximate surface area is 191 Å². The number of ether oxygens (including phenoxy) is 2. The average molecular weight is 455 g/mol. The van der Waals surface area contributed by atoms with Gasteiger partial charge in [-0.2, -0.15) is 0 Å². The van der Waals surface area contributed by atoms with E-state index in [9.17, 15) is 14.4 Å². The number of hydrogen-bond donors (Lipinski definition) is 1. The number of aryl methyl sites for hydroxylation is 2. The normalized spacial score (nSPS) is 14.8. The molecule has 0 atom stereocenters. The third kappa shape index (κ3) is 5.50. The van der Waals surface area contributed by atoms with Crippen LogP contribution in [0.3, 0.4) is 0 Å². The highest BCUT2D eigenvalue weighted by atomic mass is 32.2. The monoisotopic (exact) mass is 454 g/mol. The molecule has 0 unspecified atom stereocenters. The van der Waals surface area contributed by atoms with Gasteiger partial charge in [-0.3, -0.25) is 19.3 Å². The number of benzene rings is 2. The van der Waals surface area contributed by atoms with E-state index in [0.29, 0.717) is 36.0 Å². The van der Waals surface area contributed by atoms with Gasteiger partial charge in [0.2, 0.25) is 5.91 Å². The lowest BCUT2D eigenvalue weighted by atomic mass is 10.1. The van der Waals surface area contributed by atoms with Gasteiger partial charge in [0.1, 0.15) is 6.54 Å². The molecular weight excluding hydrogens is 428 g/mol. The number of nitrogens with zero attached hydrogens (tertiary/aromatic N) is 1. The first-order valence-corrected chi connectivity index (χ1v) is 11.2. The van der Waals surface area contributed by atoms with E-state index in [4.69, 9.17) is 9.47 Å². The largest absolute Gasteiger partial charge is 0.490 e. The first-order chi connectivity index (χ1) is 15.3. The summed E-state index contributed by atoms with van der Waals surface area (Å²) in [5, 5.41) is 2.26. The van der Waals surface area contributed by atoms with Gasteiger partial charge in [0.25, 0.3) is 11.1 Å². The van der Waals surface area contributed by atoms with E-state index in [1.807, 2.05) is 39.8 Å². The van der Waals surface area contributed by atoms with E-state index in [1.165, 1.54) is 0 Å². The molecule has 1 fully saturated rings. The van der Waals surface area contributed by atoms with Gasteiger partial charge in [-0.25, -0.2) is 0 Å². The van der Waals surface area contributed by atoms with Crippen LogP contribution in [0.5, 0.6) is 11.5 Å². The van der Waals surface area contributed by atoms with Crippen LogP contribution in [0.4, 0.5) is 10.5 Å². The van der Waals surface area contributed by atoms with Crippen LogP contribution in [-0.4, -0.2) is 41.7 Å². The molecule has 0 saturated carbocycles. The van der Waals surface area contributed by atoms with Crippen molar-refractivity contribution in [3.8, 4) is 11.5 Å². The Morgan fingerprint density at radius 3 is 2.41 bits per heavy atom. The molecule has 0 aromatic heterocycles. The third-order valence-electron chi connectivity index (χ3n) is 4.83. The molecule has 0 aliphatic carbocycles. The summed E-state index contributed by atoms with van der Waals surface area (Å²) in [5.41, 5.74) is 3.47. The molecule has 1 N–H and O–H groups in total. The van der Waals surface area contributed by atoms with Crippen molar-refractivity contribution in [3.63, 3.8) is 0 Å². The van der Waals surface area contributed by atoms with Gasteiger partial charge in [-0.15, -0.1) is 0 Å². The molecule has 0 bridgehead atoms. The van der Waals surface area contributed by atoms with Crippen molar-refractivity contribution in [2.75, 3.05) is 25.1 Å². The zero-order valence-electron chi connectivity index (χ0n) is 18.6. The highest BCUT2D eigenvalue weighted by Gasteiger charge is 2.36. The molecule has 0 radical (unpaired) electrons. The van der Waals surface area contributed by atoms with Crippen LogP contribution in [0.2, 0.25) is 0 Å². The number of amides is 3. The number of carbonyl (C=O) groups is 3. The number of anilines is 1. The Kier molecular flexibility index (Phi) is 7.58. The topological polar surface area (TPSA) is 84.9 Å². The lowest BCUT2D eigenvalue weighted by Gasteiger charge is -2.13. The van der Waals surface area contributed by atoms with E-state index < -0.39 is 17.1 Å². The average Bonchev–Trinajstić information content (AvgIpc) is 3.00. The van der Waals surface area contributed by atoms with Gasteiger partial charge in [-0.1, -0.05) is 12.1 Å². The van der Waals surface area contributed by atoms with Gasteiger partial charge >= 0.3 is 0 Å². The van der Waals surface area contributed by atoms with Crippen molar-refractivity contribution in [3.05, 3.63) is 58.0 Å². The number of thioether (sulfide) groups is 1. The molecular formula is C24H26N2O5S.